The number of rotatable bonds is 3. The van der Waals surface area contributed by atoms with Crippen molar-refractivity contribution in [2.75, 3.05) is 26.7 Å². The molecule has 1 aromatic heterocycles. The van der Waals surface area contributed by atoms with E-state index in [9.17, 15) is 4.79 Å². The minimum Gasteiger partial charge on any atom is -0.337 e. The van der Waals surface area contributed by atoms with E-state index in [0.29, 0.717) is 11.6 Å². The molecule has 1 unspecified atom stereocenters. The molecule has 1 aromatic rings. The van der Waals surface area contributed by atoms with Crippen LogP contribution < -0.4 is 5.32 Å². The summed E-state index contributed by atoms with van der Waals surface area (Å²) in [5, 5.41) is 3.18. The van der Waals surface area contributed by atoms with Gasteiger partial charge in [-0.25, -0.2) is 4.98 Å². The van der Waals surface area contributed by atoms with Crippen LogP contribution in [0.25, 0.3) is 0 Å². The molecule has 20 heavy (non-hydrogen) atoms. The molecule has 1 N–H and O–H groups in total. The van der Waals surface area contributed by atoms with Crippen LogP contribution in [0.1, 0.15) is 23.3 Å². The van der Waals surface area contributed by atoms with Gasteiger partial charge >= 0.3 is 0 Å². The molecule has 2 heterocycles. The topological polar surface area (TPSA) is 45.2 Å². The molecule has 0 saturated carbocycles. The summed E-state index contributed by atoms with van der Waals surface area (Å²) in [4.78, 5) is 18.4. The number of halogens is 3. The van der Waals surface area contributed by atoms with Gasteiger partial charge in [0.25, 0.3) is 5.91 Å². The van der Waals surface area contributed by atoms with Crippen LogP contribution in [-0.4, -0.2) is 42.5 Å². The first-order chi connectivity index (χ1) is 8.70. The van der Waals surface area contributed by atoms with Crippen LogP contribution in [0.3, 0.4) is 0 Å². The zero-order valence-electron chi connectivity index (χ0n) is 11.3. The zero-order valence-corrected chi connectivity index (χ0v) is 14.6. The van der Waals surface area contributed by atoms with Crippen molar-refractivity contribution in [1.29, 1.82) is 0 Å². The van der Waals surface area contributed by atoms with Gasteiger partial charge in [0.15, 0.2) is 0 Å². The highest BCUT2D eigenvalue weighted by Gasteiger charge is 2.24. The van der Waals surface area contributed by atoms with Gasteiger partial charge in [-0.3, -0.25) is 4.79 Å². The first-order valence-electron chi connectivity index (χ1n) is 6.26. The van der Waals surface area contributed by atoms with Gasteiger partial charge < -0.3 is 10.2 Å². The molecule has 1 saturated heterocycles. The Kier molecular flexibility index (Phi) is 9.38. The summed E-state index contributed by atoms with van der Waals surface area (Å²) in [6.45, 7) is 2.64. The Balaban J connectivity index is 0.00000180. The lowest BCUT2D eigenvalue weighted by Crippen LogP contribution is -2.42. The van der Waals surface area contributed by atoms with Crippen molar-refractivity contribution >= 4 is 46.7 Å². The van der Waals surface area contributed by atoms with Gasteiger partial charge in [0, 0.05) is 23.8 Å². The largest absolute Gasteiger partial charge is 0.337 e. The molecule has 1 aliphatic heterocycles. The Hall–Kier alpha value is -0.360. The predicted molar refractivity (Wildman–Crippen MR) is 89.0 cm³/mol. The molecular weight excluding hydrogens is 365 g/mol. The van der Waals surface area contributed by atoms with Crippen LogP contribution in [0.4, 0.5) is 0 Å². The van der Waals surface area contributed by atoms with Crippen molar-refractivity contribution in [2.24, 2.45) is 5.92 Å². The van der Waals surface area contributed by atoms with E-state index in [1.165, 1.54) is 6.42 Å². The average molecular weight is 385 g/mol. The first kappa shape index (κ1) is 19.6. The first-order valence-corrected chi connectivity index (χ1v) is 7.05. The second kappa shape index (κ2) is 9.55. The highest BCUT2D eigenvalue weighted by Crippen LogP contribution is 2.18. The number of hydrogen-bond donors (Lipinski definition) is 1. The van der Waals surface area contributed by atoms with Gasteiger partial charge in [0.1, 0.15) is 5.69 Å². The molecule has 0 bridgehead atoms. The van der Waals surface area contributed by atoms with Crippen molar-refractivity contribution in [2.45, 2.75) is 12.8 Å². The van der Waals surface area contributed by atoms with E-state index in [2.05, 4.69) is 26.2 Å². The summed E-state index contributed by atoms with van der Waals surface area (Å²) in [5.74, 6) is 0.603. The number of pyridine rings is 1. The SMILES string of the molecule is CNCC1CCCN(C(=O)c2ccc(Br)cn2)C1.Cl.Cl. The Morgan fingerprint density at radius 3 is 2.85 bits per heavy atom. The number of piperidine rings is 1. The van der Waals surface area contributed by atoms with Crippen LogP contribution in [0, 0.1) is 5.92 Å². The number of carbonyl (C=O) groups is 1. The quantitative estimate of drug-likeness (QED) is 0.871. The van der Waals surface area contributed by atoms with E-state index in [1.807, 2.05) is 18.0 Å². The number of likely N-dealkylation sites (tertiary alicyclic amines) is 1. The van der Waals surface area contributed by atoms with Gasteiger partial charge in [0.05, 0.1) is 0 Å². The van der Waals surface area contributed by atoms with Crippen molar-refractivity contribution in [3.63, 3.8) is 0 Å². The summed E-state index contributed by atoms with van der Waals surface area (Å²) in [7, 11) is 1.96. The van der Waals surface area contributed by atoms with Crippen molar-refractivity contribution in [1.82, 2.24) is 15.2 Å². The number of amides is 1. The molecule has 1 aliphatic rings. The van der Waals surface area contributed by atoms with E-state index in [4.69, 9.17) is 0 Å². The normalized spacial score (nSPS) is 17.9. The molecule has 0 aromatic carbocycles. The van der Waals surface area contributed by atoms with Gasteiger partial charge in [-0.05, 0) is 60.4 Å². The molecule has 0 spiro atoms. The second-order valence-electron chi connectivity index (χ2n) is 4.68. The third-order valence-electron chi connectivity index (χ3n) is 3.25. The highest BCUT2D eigenvalue weighted by molar-refractivity contribution is 9.10. The number of hydrogen-bond acceptors (Lipinski definition) is 3. The molecule has 2 rings (SSSR count). The van der Waals surface area contributed by atoms with Gasteiger partial charge in [-0.1, -0.05) is 0 Å². The maximum Gasteiger partial charge on any atom is 0.272 e. The smallest absolute Gasteiger partial charge is 0.272 e. The van der Waals surface area contributed by atoms with Gasteiger partial charge in [-0.15, -0.1) is 24.8 Å². The average Bonchev–Trinajstić information content (AvgIpc) is 2.39. The van der Waals surface area contributed by atoms with Crippen LogP contribution in [-0.2, 0) is 0 Å². The fourth-order valence-electron chi connectivity index (χ4n) is 2.37. The summed E-state index contributed by atoms with van der Waals surface area (Å²) in [6.07, 6.45) is 3.94. The van der Waals surface area contributed by atoms with Crippen molar-refractivity contribution < 1.29 is 4.79 Å². The lowest BCUT2D eigenvalue weighted by Gasteiger charge is -2.32. The minimum absolute atomic E-state index is 0. The summed E-state index contributed by atoms with van der Waals surface area (Å²) in [6, 6.07) is 3.63. The van der Waals surface area contributed by atoms with Crippen molar-refractivity contribution in [3.8, 4) is 0 Å². The molecule has 7 heteroatoms. The number of aromatic nitrogens is 1. The van der Waals surface area contributed by atoms with Crippen LogP contribution >= 0.6 is 40.7 Å². The third-order valence-corrected chi connectivity index (χ3v) is 3.71. The number of carbonyl (C=O) groups excluding carboxylic acids is 1. The van der Waals surface area contributed by atoms with Gasteiger partial charge in [-0.2, -0.15) is 0 Å². The van der Waals surface area contributed by atoms with Gasteiger partial charge in [0.2, 0.25) is 0 Å². The van der Waals surface area contributed by atoms with Crippen LogP contribution in [0.15, 0.2) is 22.8 Å². The van der Waals surface area contributed by atoms with Crippen LogP contribution in [0.5, 0.6) is 0 Å². The molecule has 114 valence electrons. The Labute approximate surface area is 140 Å². The highest BCUT2D eigenvalue weighted by atomic mass is 79.9. The fourth-order valence-corrected chi connectivity index (χ4v) is 2.60. The fraction of sp³-hybridized carbons (Fsp3) is 0.538. The Bertz CT molecular complexity index is 415. The monoisotopic (exact) mass is 383 g/mol. The lowest BCUT2D eigenvalue weighted by atomic mass is 9.98. The Morgan fingerprint density at radius 2 is 2.25 bits per heavy atom. The Morgan fingerprint density at radius 1 is 1.50 bits per heavy atom. The van der Waals surface area contributed by atoms with E-state index < -0.39 is 0 Å². The summed E-state index contributed by atoms with van der Waals surface area (Å²) < 4.78 is 0.894. The maximum atomic E-state index is 12.3. The van der Waals surface area contributed by atoms with E-state index in [1.54, 1.807) is 12.3 Å². The third kappa shape index (κ3) is 5.20. The number of nitrogens with zero attached hydrogens (tertiary/aromatic N) is 2. The molecular formula is C13H20BrCl2N3O. The van der Waals surface area contributed by atoms with Crippen LogP contribution in [0.2, 0.25) is 0 Å². The number of nitrogens with one attached hydrogen (secondary N) is 1. The zero-order chi connectivity index (χ0) is 13.0. The van der Waals surface area contributed by atoms with Crippen molar-refractivity contribution in [3.05, 3.63) is 28.5 Å². The minimum atomic E-state index is 0. The maximum absolute atomic E-state index is 12.3. The molecule has 1 atom stereocenters. The molecule has 4 nitrogen and oxygen atoms in total. The molecule has 1 fully saturated rings. The van der Waals surface area contributed by atoms with E-state index in [0.717, 1.165) is 30.5 Å². The molecule has 0 radical (unpaired) electrons. The summed E-state index contributed by atoms with van der Waals surface area (Å²) >= 11 is 3.33. The second-order valence-corrected chi connectivity index (χ2v) is 5.59. The standard InChI is InChI=1S/C13H18BrN3O.2ClH/c1-15-7-10-3-2-6-17(9-10)13(18)12-5-4-11(14)8-16-12;;/h4-5,8,10,15H,2-3,6-7,9H2,1H3;2*1H. The molecule has 1 amide bonds. The summed E-state index contributed by atoms with van der Waals surface area (Å²) in [5.41, 5.74) is 0.531. The van der Waals surface area contributed by atoms with E-state index >= 15 is 0 Å². The lowest BCUT2D eigenvalue weighted by molar-refractivity contribution is 0.0668. The molecule has 0 aliphatic carbocycles. The predicted octanol–water partition coefficient (Wildman–Crippen LogP) is 2.76. The van der Waals surface area contributed by atoms with E-state index in [-0.39, 0.29) is 30.7 Å².